The maximum absolute atomic E-state index is 12.4. The number of benzene rings is 1. The van der Waals surface area contributed by atoms with Gasteiger partial charge in [-0.2, -0.15) is 0 Å². The van der Waals surface area contributed by atoms with Crippen molar-refractivity contribution in [2.75, 3.05) is 23.8 Å². The lowest BCUT2D eigenvalue weighted by Crippen LogP contribution is -2.21. The van der Waals surface area contributed by atoms with Crippen LogP contribution in [0.3, 0.4) is 0 Å². The smallest absolute Gasteiger partial charge is 0.274 e. The van der Waals surface area contributed by atoms with Gasteiger partial charge in [0.25, 0.3) is 5.91 Å². The first-order valence-electron chi connectivity index (χ1n) is 7.31. The summed E-state index contributed by atoms with van der Waals surface area (Å²) in [5, 5.41) is 3.44. The van der Waals surface area contributed by atoms with Gasteiger partial charge in [0.05, 0.1) is 15.7 Å². The molecule has 23 heavy (non-hydrogen) atoms. The number of para-hydroxylation sites is 1. The summed E-state index contributed by atoms with van der Waals surface area (Å²) in [5.74, 6) is 0.316. The Hall–Kier alpha value is -1.85. The third-order valence-electron chi connectivity index (χ3n) is 3.32. The predicted molar refractivity (Wildman–Crippen MR) is 94.6 cm³/mol. The lowest BCUT2D eigenvalue weighted by atomic mass is 10.3. The second kappa shape index (κ2) is 8.13. The molecule has 0 aliphatic rings. The molecule has 0 saturated heterocycles. The summed E-state index contributed by atoms with van der Waals surface area (Å²) < 4.78 is 0. The predicted octanol–water partition coefficient (Wildman–Crippen LogP) is 4.27. The molecule has 2 rings (SSSR count). The fraction of sp³-hybridized carbons (Fsp3) is 0.312. The molecule has 0 aliphatic heterocycles. The van der Waals surface area contributed by atoms with Crippen LogP contribution in [0.4, 0.5) is 11.5 Å². The minimum atomic E-state index is -0.382. The molecule has 0 radical (unpaired) electrons. The van der Waals surface area contributed by atoms with Gasteiger partial charge in [-0.1, -0.05) is 42.6 Å². The SMILES string of the molecule is CCCCN(C)c1cc(C(=O)Nc2c(Cl)cccc2Cl)ncn1. The van der Waals surface area contributed by atoms with Crippen molar-refractivity contribution in [3.05, 3.63) is 46.3 Å². The molecule has 122 valence electrons. The van der Waals surface area contributed by atoms with Crippen molar-refractivity contribution in [2.24, 2.45) is 0 Å². The van der Waals surface area contributed by atoms with Crippen LogP contribution in [0.25, 0.3) is 0 Å². The van der Waals surface area contributed by atoms with E-state index in [4.69, 9.17) is 23.2 Å². The molecule has 1 amide bonds. The standard InChI is InChI=1S/C16H18Cl2N4O/c1-3-4-8-22(2)14-9-13(19-10-20-14)16(23)21-15-11(17)6-5-7-12(15)18/h5-7,9-10H,3-4,8H2,1-2H3,(H,21,23). The molecule has 1 heterocycles. The number of halogens is 2. The highest BCUT2D eigenvalue weighted by Gasteiger charge is 2.14. The van der Waals surface area contributed by atoms with Gasteiger partial charge in [-0.05, 0) is 18.6 Å². The Labute approximate surface area is 145 Å². The summed E-state index contributed by atoms with van der Waals surface area (Å²) in [7, 11) is 1.94. The average molecular weight is 353 g/mol. The number of nitrogens with zero attached hydrogens (tertiary/aromatic N) is 3. The van der Waals surface area contributed by atoms with Crippen molar-refractivity contribution >= 4 is 40.6 Å². The van der Waals surface area contributed by atoms with E-state index in [1.54, 1.807) is 24.3 Å². The van der Waals surface area contributed by atoms with Crippen molar-refractivity contribution in [2.45, 2.75) is 19.8 Å². The molecule has 0 spiro atoms. The monoisotopic (exact) mass is 352 g/mol. The topological polar surface area (TPSA) is 58.1 Å². The summed E-state index contributed by atoms with van der Waals surface area (Å²) >= 11 is 12.1. The highest BCUT2D eigenvalue weighted by atomic mass is 35.5. The molecule has 7 heteroatoms. The summed E-state index contributed by atoms with van der Waals surface area (Å²) in [6.07, 6.45) is 3.52. The minimum Gasteiger partial charge on any atom is -0.360 e. The van der Waals surface area contributed by atoms with Crippen LogP contribution in [0.1, 0.15) is 30.3 Å². The Kier molecular flexibility index (Phi) is 6.19. The zero-order chi connectivity index (χ0) is 16.8. The zero-order valence-corrected chi connectivity index (χ0v) is 14.5. The molecule has 5 nitrogen and oxygen atoms in total. The minimum absolute atomic E-state index is 0.259. The Morgan fingerprint density at radius 3 is 2.61 bits per heavy atom. The number of carbonyl (C=O) groups is 1. The molecule has 2 aromatic rings. The highest BCUT2D eigenvalue weighted by Crippen LogP contribution is 2.30. The van der Waals surface area contributed by atoms with Gasteiger partial charge in [-0.3, -0.25) is 4.79 Å². The van der Waals surface area contributed by atoms with E-state index in [1.165, 1.54) is 6.33 Å². The molecule has 0 bridgehead atoms. The van der Waals surface area contributed by atoms with Crippen molar-refractivity contribution in [3.8, 4) is 0 Å². The van der Waals surface area contributed by atoms with Gasteiger partial charge in [0, 0.05) is 19.7 Å². The summed E-state index contributed by atoms with van der Waals surface area (Å²) in [6, 6.07) is 6.68. The van der Waals surface area contributed by atoms with Crippen LogP contribution < -0.4 is 10.2 Å². The van der Waals surface area contributed by atoms with E-state index >= 15 is 0 Å². The number of aromatic nitrogens is 2. The quantitative estimate of drug-likeness (QED) is 0.843. The molecule has 0 fully saturated rings. The van der Waals surface area contributed by atoms with Gasteiger partial charge in [0.1, 0.15) is 17.8 Å². The Morgan fingerprint density at radius 2 is 1.96 bits per heavy atom. The molecule has 1 N–H and O–H groups in total. The first-order valence-corrected chi connectivity index (χ1v) is 8.07. The first kappa shape index (κ1) is 17.5. The van der Waals surface area contributed by atoms with E-state index in [9.17, 15) is 4.79 Å². The normalized spacial score (nSPS) is 10.4. The number of nitrogens with one attached hydrogen (secondary N) is 1. The van der Waals surface area contributed by atoms with Gasteiger partial charge in [-0.15, -0.1) is 0 Å². The number of rotatable bonds is 6. The maximum Gasteiger partial charge on any atom is 0.274 e. The van der Waals surface area contributed by atoms with Crippen LogP contribution in [-0.2, 0) is 0 Å². The third kappa shape index (κ3) is 4.56. The van der Waals surface area contributed by atoms with Crippen LogP contribution in [0.15, 0.2) is 30.6 Å². The Bertz CT molecular complexity index is 673. The first-order chi connectivity index (χ1) is 11.0. The summed E-state index contributed by atoms with van der Waals surface area (Å²) in [6.45, 7) is 2.99. The lowest BCUT2D eigenvalue weighted by Gasteiger charge is -2.17. The van der Waals surface area contributed by atoms with E-state index in [-0.39, 0.29) is 11.6 Å². The van der Waals surface area contributed by atoms with Gasteiger partial charge in [0.2, 0.25) is 0 Å². The van der Waals surface area contributed by atoms with Gasteiger partial charge < -0.3 is 10.2 Å². The molecular formula is C16H18Cl2N4O. The van der Waals surface area contributed by atoms with E-state index < -0.39 is 0 Å². The van der Waals surface area contributed by atoms with Crippen LogP contribution >= 0.6 is 23.2 Å². The van der Waals surface area contributed by atoms with Crippen molar-refractivity contribution in [3.63, 3.8) is 0 Å². The zero-order valence-electron chi connectivity index (χ0n) is 13.0. The molecule has 0 atom stereocenters. The second-order valence-electron chi connectivity index (χ2n) is 5.09. The van der Waals surface area contributed by atoms with Crippen LogP contribution in [0.5, 0.6) is 0 Å². The maximum atomic E-state index is 12.4. The molecule has 0 aliphatic carbocycles. The average Bonchev–Trinajstić information content (AvgIpc) is 2.56. The molecule has 0 unspecified atom stereocenters. The van der Waals surface area contributed by atoms with Gasteiger partial charge in [0.15, 0.2) is 0 Å². The Balaban J connectivity index is 2.17. The van der Waals surface area contributed by atoms with Crippen LogP contribution in [0, 0.1) is 0 Å². The summed E-state index contributed by atoms with van der Waals surface area (Å²) in [4.78, 5) is 22.6. The van der Waals surface area contributed by atoms with E-state index in [0.29, 0.717) is 21.6 Å². The molecule has 0 saturated carbocycles. The Morgan fingerprint density at radius 1 is 1.26 bits per heavy atom. The van der Waals surface area contributed by atoms with Gasteiger partial charge in [-0.25, -0.2) is 9.97 Å². The van der Waals surface area contributed by atoms with Crippen molar-refractivity contribution < 1.29 is 4.79 Å². The van der Waals surface area contributed by atoms with Crippen molar-refractivity contribution in [1.29, 1.82) is 0 Å². The molecule has 1 aromatic carbocycles. The number of unbranched alkanes of at least 4 members (excludes halogenated alkanes) is 1. The van der Waals surface area contributed by atoms with Crippen molar-refractivity contribution in [1.82, 2.24) is 9.97 Å². The summed E-state index contributed by atoms with van der Waals surface area (Å²) in [5.41, 5.74) is 0.634. The highest BCUT2D eigenvalue weighted by molar-refractivity contribution is 6.40. The number of hydrogen-bond acceptors (Lipinski definition) is 4. The van der Waals surface area contributed by atoms with Crippen LogP contribution in [-0.4, -0.2) is 29.5 Å². The van der Waals surface area contributed by atoms with E-state index in [1.807, 2.05) is 11.9 Å². The lowest BCUT2D eigenvalue weighted by molar-refractivity contribution is 0.102. The number of amides is 1. The van der Waals surface area contributed by atoms with Gasteiger partial charge >= 0.3 is 0 Å². The fourth-order valence-corrected chi connectivity index (χ4v) is 2.48. The second-order valence-corrected chi connectivity index (χ2v) is 5.90. The molecule has 1 aromatic heterocycles. The number of carbonyl (C=O) groups excluding carboxylic acids is 1. The molecular weight excluding hydrogens is 335 g/mol. The van der Waals surface area contributed by atoms with E-state index in [0.717, 1.165) is 19.4 Å². The largest absolute Gasteiger partial charge is 0.360 e. The van der Waals surface area contributed by atoms with E-state index in [2.05, 4.69) is 22.2 Å². The number of anilines is 2. The number of hydrogen-bond donors (Lipinski definition) is 1. The fourth-order valence-electron chi connectivity index (χ4n) is 1.98. The third-order valence-corrected chi connectivity index (χ3v) is 3.95. The van der Waals surface area contributed by atoms with Crippen LogP contribution in [0.2, 0.25) is 10.0 Å².